The number of amides is 1. The van der Waals surface area contributed by atoms with Crippen LogP contribution in [0.2, 0.25) is 0 Å². The Morgan fingerprint density at radius 3 is 2.62 bits per heavy atom. The number of hydrogen-bond acceptors (Lipinski definition) is 4. The zero-order valence-corrected chi connectivity index (χ0v) is 14.8. The monoisotopic (exact) mass is 348 g/mol. The van der Waals surface area contributed by atoms with Gasteiger partial charge in [-0.05, 0) is 31.9 Å². The van der Waals surface area contributed by atoms with Crippen LogP contribution in [-0.2, 0) is 4.79 Å². The number of hydrogen-bond donors (Lipinski definition) is 1. The molecular weight excluding hydrogens is 327 g/mol. The van der Waals surface area contributed by atoms with E-state index in [0.29, 0.717) is 6.04 Å². The number of para-hydroxylation sites is 1. The summed E-state index contributed by atoms with van der Waals surface area (Å²) in [4.78, 5) is 12.4. The van der Waals surface area contributed by atoms with E-state index in [4.69, 9.17) is 0 Å². The lowest BCUT2D eigenvalue weighted by Gasteiger charge is -2.14. The van der Waals surface area contributed by atoms with Gasteiger partial charge in [-0.2, -0.15) is 0 Å². The number of thioether (sulfide) groups is 1. The first-order valence-electron chi connectivity index (χ1n) is 8.14. The highest BCUT2D eigenvalue weighted by molar-refractivity contribution is 8.00. The molecule has 5 nitrogen and oxygen atoms in total. The van der Waals surface area contributed by atoms with Gasteiger partial charge >= 0.3 is 0 Å². The van der Waals surface area contributed by atoms with Gasteiger partial charge in [0.05, 0.1) is 10.9 Å². The molecule has 1 saturated carbocycles. The number of anilines is 1. The molecule has 0 saturated heterocycles. The van der Waals surface area contributed by atoms with Gasteiger partial charge in [0.15, 0.2) is 5.16 Å². The van der Waals surface area contributed by atoms with Crippen molar-refractivity contribution >= 4 is 23.4 Å². The second-order valence-electron chi connectivity index (χ2n) is 6.33. The van der Waals surface area contributed by atoms with E-state index in [1.54, 1.807) is 25.1 Å². The van der Waals surface area contributed by atoms with Gasteiger partial charge in [0, 0.05) is 12.0 Å². The number of carbonyl (C=O) groups is 1. The molecular formula is C17H21FN4OS. The van der Waals surface area contributed by atoms with E-state index < -0.39 is 11.1 Å². The van der Waals surface area contributed by atoms with Crippen LogP contribution in [0.15, 0.2) is 29.4 Å². The zero-order valence-electron chi connectivity index (χ0n) is 14.0. The van der Waals surface area contributed by atoms with Crippen LogP contribution in [0.5, 0.6) is 0 Å². The van der Waals surface area contributed by atoms with E-state index >= 15 is 0 Å². The SMILES string of the molecule is CC(Sc1nnc(C(C)C)n1C1CC1)C(=O)Nc1ccccc1F. The third-order valence-corrected chi connectivity index (χ3v) is 4.96. The Hall–Kier alpha value is -1.89. The molecule has 1 fully saturated rings. The molecule has 1 unspecified atom stereocenters. The minimum absolute atomic E-state index is 0.196. The third kappa shape index (κ3) is 3.61. The summed E-state index contributed by atoms with van der Waals surface area (Å²) >= 11 is 1.36. The van der Waals surface area contributed by atoms with Crippen LogP contribution in [-0.4, -0.2) is 25.9 Å². The molecule has 1 aliphatic rings. The third-order valence-electron chi connectivity index (χ3n) is 3.90. The molecule has 0 radical (unpaired) electrons. The summed E-state index contributed by atoms with van der Waals surface area (Å²) in [7, 11) is 0. The average Bonchev–Trinajstić information content (AvgIpc) is 3.29. The van der Waals surface area contributed by atoms with Gasteiger partial charge in [-0.3, -0.25) is 4.79 Å². The highest BCUT2D eigenvalue weighted by Crippen LogP contribution is 2.40. The standard InChI is InChI=1S/C17H21FN4OS/c1-10(2)15-20-21-17(22(15)12-8-9-12)24-11(3)16(23)19-14-7-5-4-6-13(14)18/h4-7,10-12H,8-9H2,1-3H3,(H,19,23). The molecule has 0 bridgehead atoms. The van der Waals surface area contributed by atoms with Gasteiger partial charge in [-0.1, -0.05) is 37.7 Å². The fourth-order valence-electron chi connectivity index (χ4n) is 2.45. The molecule has 1 aromatic carbocycles. The number of benzene rings is 1. The molecule has 1 aromatic heterocycles. The quantitative estimate of drug-likeness (QED) is 0.802. The van der Waals surface area contributed by atoms with Crippen molar-refractivity contribution in [2.45, 2.75) is 56.0 Å². The summed E-state index contributed by atoms with van der Waals surface area (Å²) in [6.45, 7) is 5.97. The number of aromatic nitrogens is 3. The Balaban J connectivity index is 1.72. The second-order valence-corrected chi connectivity index (χ2v) is 7.63. The van der Waals surface area contributed by atoms with Crippen LogP contribution < -0.4 is 5.32 Å². The van der Waals surface area contributed by atoms with Crippen LogP contribution >= 0.6 is 11.8 Å². The normalized spacial score (nSPS) is 15.5. The molecule has 3 rings (SSSR count). The fourth-order valence-corrected chi connectivity index (χ4v) is 3.37. The Morgan fingerprint density at radius 1 is 1.29 bits per heavy atom. The summed E-state index contributed by atoms with van der Waals surface area (Å²) in [5, 5.41) is 11.6. The second kappa shape index (κ2) is 6.93. The molecule has 24 heavy (non-hydrogen) atoms. The van der Waals surface area contributed by atoms with Crippen molar-refractivity contribution in [1.29, 1.82) is 0 Å². The number of halogens is 1. The van der Waals surface area contributed by atoms with E-state index in [1.807, 2.05) is 0 Å². The first-order valence-corrected chi connectivity index (χ1v) is 9.02. The number of nitrogens with one attached hydrogen (secondary N) is 1. The van der Waals surface area contributed by atoms with Crippen molar-refractivity contribution < 1.29 is 9.18 Å². The van der Waals surface area contributed by atoms with Crippen molar-refractivity contribution in [3.8, 4) is 0 Å². The van der Waals surface area contributed by atoms with Crippen molar-refractivity contribution in [3.05, 3.63) is 35.9 Å². The van der Waals surface area contributed by atoms with Crippen molar-refractivity contribution in [2.75, 3.05) is 5.32 Å². The summed E-state index contributed by atoms with van der Waals surface area (Å²) in [6.07, 6.45) is 2.25. The summed E-state index contributed by atoms with van der Waals surface area (Å²) in [5.74, 6) is 0.560. The molecule has 0 spiro atoms. The predicted molar refractivity (Wildman–Crippen MR) is 92.7 cm³/mol. The molecule has 1 atom stereocenters. The molecule has 1 heterocycles. The van der Waals surface area contributed by atoms with Crippen LogP contribution in [0.25, 0.3) is 0 Å². The van der Waals surface area contributed by atoms with E-state index in [0.717, 1.165) is 23.8 Å². The van der Waals surface area contributed by atoms with Gasteiger partial charge in [0.2, 0.25) is 5.91 Å². The Labute approximate surface area is 145 Å². The number of carbonyl (C=O) groups excluding carboxylic acids is 1. The van der Waals surface area contributed by atoms with E-state index in [9.17, 15) is 9.18 Å². The average molecular weight is 348 g/mol. The number of rotatable bonds is 6. The molecule has 1 N–H and O–H groups in total. The Kier molecular flexibility index (Phi) is 4.89. The van der Waals surface area contributed by atoms with Gasteiger partial charge in [-0.15, -0.1) is 10.2 Å². The van der Waals surface area contributed by atoms with Gasteiger partial charge in [0.25, 0.3) is 0 Å². The highest BCUT2D eigenvalue weighted by atomic mass is 32.2. The zero-order chi connectivity index (χ0) is 17.3. The fraction of sp³-hybridized carbons (Fsp3) is 0.471. The van der Waals surface area contributed by atoms with Crippen LogP contribution in [0.4, 0.5) is 10.1 Å². The molecule has 128 valence electrons. The van der Waals surface area contributed by atoms with Crippen molar-refractivity contribution in [3.63, 3.8) is 0 Å². The highest BCUT2D eigenvalue weighted by Gasteiger charge is 2.31. The molecule has 0 aliphatic heterocycles. The first kappa shape index (κ1) is 17.0. The minimum Gasteiger partial charge on any atom is -0.323 e. The van der Waals surface area contributed by atoms with Crippen LogP contribution in [0.1, 0.15) is 51.4 Å². The summed E-state index contributed by atoms with van der Waals surface area (Å²) in [6, 6.07) is 6.60. The summed E-state index contributed by atoms with van der Waals surface area (Å²) < 4.78 is 15.8. The molecule has 7 heteroatoms. The number of nitrogens with zero attached hydrogens (tertiary/aromatic N) is 3. The minimum atomic E-state index is -0.439. The maximum Gasteiger partial charge on any atom is 0.237 e. The topological polar surface area (TPSA) is 59.8 Å². The van der Waals surface area contributed by atoms with E-state index in [2.05, 4.69) is 33.9 Å². The first-order chi connectivity index (χ1) is 11.5. The van der Waals surface area contributed by atoms with Crippen molar-refractivity contribution in [2.24, 2.45) is 0 Å². The van der Waals surface area contributed by atoms with Crippen LogP contribution in [0.3, 0.4) is 0 Å². The summed E-state index contributed by atoms with van der Waals surface area (Å²) in [5.41, 5.74) is 0.196. The molecule has 2 aromatic rings. The van der Waals surface area contributed by atoms with E-state index in [1.165, 1.54) is 17.8 Å². The lowest BCUT2D eigenvalue weighted by atomic mass is 10.2. The maximum atomic E-state index is 13.7. The Morgan fingerprint density at radius 2 is 2.00 bits per heavy atom. The van der Waals surface area contributed by atoms with Gasteiger partial charge in [-0.25, -0.2) is 4.39 Å². The lowest BCUT2D eigenvalue weighted by molar-refractivity contribution is -0.115. The largest absolute Gasteiger partial charge is 0.323 e. The van der Waals surface area contributed by atoms with Crippen LogP contribution in [0, 0.1) is 5.82 Å². The molecule has 1 amide bonds. The molecule has 1 aliphatic carbocycles. The van der Waals surface area contributed by atoms with Crippen molar-refractivity contribution in [1.82, 2.24) is 14.8 Å². The lowest BCUT2D eigenvalue weighted by Crippen LogP contribution is -2.23. The maximum absolute atomic E-state index is 13.7. The predicted octanol–water partition coefficient (Wildman–Crippen LogP) is 3.99. The van der Waals surface area contributed by atoms with E-state index in [-0.39, 0.29) is 17.5 Å². The Bertz CT molecular complexity index is 742. The van der Waals surface area contributed by atoms with Gasteiger partial charge < -0.3 is 9.88 Å². The smallest absolute Gasteiger partial charge is 0.237 e. The van der Waals surface area contributed by atoms with Gasteiger partial charge in [0.1, 0.15) is 11.6 Å².